The predicted octanol–water partition coefficient (Wildman–Crippen LogP) is 3.82. The van der Waals surface area contributed by atoms with Crippen molar-refractivity contribution in [1.82, 2.24) is 0 Å². The molecule has 126 valence electrons. The van der Waals surface area contributed by atoms with Crippen molar-refractivity contribution in [3.05, 3.63) is 12.7 Å². The Morgan fingerprint density at radius 3 is 1.95 bits per heavy atom. The normalized spacial score (nSPS) is 20.5. The second kappa shape index (κ2) is 7.91. The van der Waals surface area contributed by atoms with E-state index in [1.165, 1.54) is 0 Å². The number of rotatable bonds is 8. The first kappa shape index (κ1) is 20.8. The Bertz CT molecular complexity index is 322. The van der Waals surface area contributed by atoms with Crippen LogP contribution in [0.5, 0.6) is 0 Å². The Hall–Kier alpha value is -0.163. The average Bonchev–Trinajstić information content (AvgIpc) is 2.40. The van der Waals surface area contributed by atoms with E-state index in [-0.39, 0.29) is 22.8 Å². The van der Waals surface area contributed by atoms with E-state index < -0.39 is 20.5 Å². The summed E-state index contributed by atoms with van der Waals surface area (Å²) in [6.07, 6.45) is 0.574. The highest BCUT2D eigenvalue weighted by atomic mass is 28.4. The zero-order valence-electron chi connectivity index (χ0n) is 15.2. The molecule has 5 atom stereocenters. The predicted molar refractivity (Wildman–Crippen MR) is 92.9 cm³/mol. The van der Waals surface area contributed by atoms with Crippen LogP contribution in [0.1, 0.15) is 41.5 Å². The lowest BCUT2D eigenvalue weighted by atomic mass is 9.84. The van der Waals surface area contributed by atoms with Crippen molar-refractivity contribution in [2.75, 3.05) is 6.61 Å². The van der Waals surface area contributed by atoms with E-state index >= 15 is 0 Å². The van der Waals surface area contributed by atoms with Crippen molar-refractivity contribution in [3.8, 4) is 0 Å². The van der Waals surface area contributed by atoms with Crippen LogP contribution < -0.4 is 0 Å². The molecule has 0 bridgehead atoms. The number of hydrogen-bond donors (Lipinski definition) is 2. The first-order valence-electron chi connectivity index (χ1n) is 7.97. The van der Waals surface area contributed by atoms with Gasteiger partial charge < -0.3 is 14.6 Å². The zero-order chi connectivity index (χ0) is 17.0. The van der Waals surface area contributed by atoms with Gasteiger partial charge in [0, 0.05) is 24.4 Å². The van der Waals surface area contributed by atoms with Gasteiger partial charge in [-0.25, -0.2) is 0 Å². The molecule has 0 rings (SSSR count). The lowest BCUT2D eigenvalue weighted by Gasteiger charge is -2.38. The SMILES string of the molecule is C=C[C@H](C)[C@@H](O)[C@@H](C)[C@H](O)[C@H](C)CO[Si](C)(C)C(C)(C)C. The average molecular weight is 317 g/mol. The Labute approximate surface area is 132 Å². The minimum absolute atomic E-state index is 0.000732. The molecule has 0 aromatic heterocycles. The molecule has 0 aliphatic carbocycles. The van der Waals surface area contributed by atoms with Gasteiger partial charge >= 0.3 is 0 Å². The third-order valence-electron chi connectivity index (χ3n) is 5.08. The van der Waals surface area contributed by atoms with Gasteiger partial charge in [0.15, 0.2) is 8.32 Å². The Balaban J connectivity index is 4.59. The molecule has 0 unspecified atom stereocenters. The van der Waals surface area contributed by atoms with Gasteiger partial charge in [-0.2, -0.15) is 0 Å². The van der Waals surface area contributed by atoms with Gasteiger partial charge in [-0.05, 0) is 18.1 Å². The number of aliphatic hydroxyl groups is 2. The van der Waals surface area contributed by atoms with Gasteiger partial charge in [0.1, 0.15) is 0 Å². The van der Waals surface area contributed by atoms with E-state index in [0.717, 1.165) is 0 Å². The summed E-state index contributed by atoms with van der Waals surface area (Å²) in [7, 11) is -1.79. The fourth-order valence-electron chi connectivity index (χ4n) is 1.99. The fourth-order valence-corrected chi connectivity index (χ4v) is 3.11. The second-order valence-corrected chi connectivity index (χ2v) is 12.8. The molecule has 0 aromatic rings. The number of aliphatic hydroxyl groups excluding tert-OH is 2. The highest BCUT2D eigenvalue weighted by Crippen LogP contribution is 2.37. The van der Waals surface area contributed by atoms with Crippen molar-refractivity contribution in [2.45, 2.75) is 71.9 Å². The van der Waals surface area contributed by atoms with Crippen LogP contribution in [0.4, 0.5) is 0 Å². The van der Waals surface area contributed by atoms with Crippen LogP contribution in [0.15, 0.2) is 12.7 Å². The molecule has 0 spiro atoms. The largest absolute Gasteiger partial charge is 0.416 e. The molecule has 0 saturated carbocycles. The monoisotopic (exact) mass is 316 g/mol. The van der Waals surface area contributed by atoms with Crippen LogP contribution in [-0.4, -0.2) is 37.3 Å². The van der Waals surface area contributed by atoms with Gasteiger partial charge in [0.2, 0.25) is 0 Å². The summed E-state index contributed by atoms with van der Waals surface area (Å²) in [5, 5.41) is 20.8. The molecule has 0 aromatic carbocycles. The summed E-state index contributed by atoms with van der Waals surface area (Å²) in [6.45, 7) is 21.1. The van der Waals surface area contributed by atoms with Gasteiger partial charge in [-0.3, -0.25) is 0 Å². The van der Waals surface area contributed by atoms with Crippen LogP contribution in [0.3, 0.4) is 0 Å². The van der Waals surface area contributed by atoms with Crippen LogP contribution >= 0.6 is 0 Å². The summed E-state index contributed by atoms with van der Waals surface area (Å²) in [5.74, 6) is -0.222. The Morgan fingerprint density at radius 2 is 1.57 bits per heavy atom. The van der Waals surface area contributed by atoms with Gasteiger partial charge in [0.05, 0.1) is 12.2 Å². The smallest absolute Gasteiger partial charge is 0.191 e. The van der Waals surface area contributed by atoms with Gasteiger partial charge in [0.25, 0.3) is 0 Å². The van der Waals surface area contributed by atoms with Crippen molar-refractivity contribution in [1.29, 1.82) is 0 Å². The Morgan fingerprint density at radius 1 is 1.10 bits per heavy atom. The van der Waals surface area contributed by atoms with E-state index in [4.69, 9.17) is 4.43 Å². The first-order valence-corrected chi connectivity index (χ1v) is 10.9. The quantitative estimate of drug-likeness (QED) is 0.528. The van der Waals surface area contributed by atoms with Crippen molar-refractivity contribution in [3.63, 3.8) is 0 Å². The summed E-state index contributed by atoms with van der Waals surface area (Å²) >= 11 is 0. The highest BCUT2D eigenvalue weighted by molar-refractivity contribution is 6.74. The second-order valence-electron chi connectivity index (χ2n) is 7.98. The van der Waals surface area contributed by atoms with Crippen molar-refractivity contribution in [2.24, 2.45) is 17.8 Å². The third kappa shape index (κ3) is 5.85. The number of hydrogen-bond acceptors (Lipinski definition) is 3. The lowest BCUT2D eigenvalue weighted by Crippen LogP contribution is -2.44. The molecule has 0 radical (unpaired) electrons. The molecular weight excluding hydrogens is 280 g/mol. The molecule has 0 saturated heterocycles. The topological polar surface area (TPSA) is 49.7 Å². The minimum atomic E-state index is -1.79. The molecule has 0 aliphatic rings. The molecule has 0 aliphatic heterocycles. The molecule has 21 heavy (non-hydrogen) atoms. The van der Waals surface area contributed by atoms with Crippen LogP contribution in [0.25, 0.3) is 0 Å². The maximum atomic E-state index is 10.4. The maximum Gasteiger partial charge on any atom is 0.191 e. The summed E-state index contributed by atoms with van der Waals surface area (Å²) in [6, 6.07) is 0. The van der Waals surface area contributed by atoms with Gasteiger partial charge in [-0.1, -0.05) is 47.6 Å². The molecule has 2 N–H and O–H groups in total. The standard InChI is InChI=1S/C17H36O3Si/c1-10-12(2)15(18)14(4)16(19)13(3)11-20-21(8,9)17(5,6)7/h10,12-16,18-19H,1,11H2,2-9H3/t12-,13+,14+,15+,16+/m0/s1. The van der Waals surface area contributed by atoms with Gasteiger partial charge in [-0.15, -0.1) is 6.58 Å². The highest BCUT2D eigenvalue weighted by Gasteiger charge is 2.38. The fraction of sp³-hybridized carbons (Fsp3) is 0.882. The summed E-state index contributed by atoms with van der Waals surface area (Å²) in [4.78, 5) is 0. The van der Waals surface area contributed by atoms with Crippen LogP contribution in [0.2, 0.25) is 18.1 Å². The van der Waals surface area contributed by atoms with Crippen molar-refractivity contribution < 1.29 is 14.6 Å². The van der Waals surface area contributed by atoms with E-state index in [1.807, 2.05) is 20.8 Å². The van der Waals surface area contributed by atoms with Crippen molar-refractivity contribution >= 4 is 8.32 Å². The van der Waals surface area contributed by atoms with Crippen LogP contribution in [0, 0.1) is 17.8 Å². The first-order chi connectivity index (χ1) is 9.35. The summed E-state index contributed by atoms with van der Waals surface area (Å²) < 4.78 is 6.17. The maximum absolute atomic E-state index is 10.4. The van der Waals surface area contributed by atoms with E-state index in [2.05, 4.69) is 40.4 Å². The zero-order valence-corrected chi connectivity index (χ0v) is 16.2. The molecule has 0 amide bonds. The van der Waals surface area contributed by atoms with E-state index in [9.17, 15) is 10.2 Å². The van der Waals surface area contributed by atoms with E-state index in [1.54, 1.807) is 6.08 Å². The van der Waals surface area contributed by atoms with Crippen LogP contribution in [-0.2, 0) is 4.43 Å². The molecular formula is C17H36O3Si. The molecule has 3 nitrogen and oxygen atoms in total. The van der Waals surface area contributed by atoms with E-state index in [0.29, 0.717) is 6.61 Å². The minimum Gasteiger partial charge on any atom is -0.416 e. The molecule has 0 fully saturated rings. The Kier molecular flexibility index (Phi) is 7.85. The molecule has 0 heterocycles. The lowest BCUT2D eigenvalue weighted by molar-refractivity contribution is -0.0299. The molecule has 4 heteroatoms. The third-order valence-corrected chi connectivity index (χ3v) is 9.58. The summed E-state index contributed by atoms with van der Waals surface area (Å²) in [5.41, 5.74) is 0.